The van der Waals surface area contributed by atoms with Gasteiger partial charge in [0.25, 0.3) is 0 Å². The lowest BCUT2D eigenvalue weighted by molar-refractivity contribution is 0.150. The molecule has 0 saturated carbocycles. The standard InChI is InChI=1S/C15H24FNO/c1-10(2)12(4)17-11(3)9-15(18)13-5-7-14(16)8-6-13/h5-8,10-12,15,17-18H,9H2,1-4H3. The lowest BCUT2D eigenvalue weighted by Gasteiger charge is -2.24. The van der Waals surface area contributed by atoms with Crippen molar-refractivity contribution in [2.24, 2.45) is 5.92 Å². The van der Waals surface area contributed by atoms with Gasteiger partial charge in [-0.3, -0.25) is 0 Å². The Bertz CT molecular complexity index is 350. The van der Waals surface area contributed by atoms with Gasteiger partial charge in [-0.2, -0.15) is 0 Å². The third-order valence-corrected chi connectivity index (χ3v) is 3.38. The minimum absolute atomic E-state index is 0.224. The van der Waals surface area contributed by atoms with Gasteiger partial charge in [0.15, 0.2) is 0 Å². The molecule has 0 heterocycles. The Morgan fingerprint density at radius 1 is 1.11 bits per heavy atom. The summed E-state index contributed by atoms with van der Waals surface area (Å²) in [4.78, 5) is 0. The van der Waals surface area contributed by atoms with Crippen molar-refractivity contribution in [2.45, 2.75) is 52.3 Å². The molecule has 2 N–H and O–H groups in total. The monoisotopic (exact) mass is 253 g/mol. The van der Waals surface area contributed by atoms with Gasteiger partial charge >= 0.3 is 0 Å². The summed E-state index contributed by atoms with van der Waals surface area (Å²) < 4.78 is 12.8. The Hall–Kier alpha value is -0.930. The van der Waals surface area contributed by atoms with Gasteiger partial charge in [0.05, 0.1) is 6.10 Å². The van der Waals surface area contributed by atoms with Gasteiger partial charge < -0.3 is 10.4 Å². The minimum Gasteiger partial charge on any atom is -0.388 e. The molecule has 3 heteroatoms. The van der Waals surface area contributed by atoms with Crippen LogP contribution in [0.5, 0.6) is 0 Å². The van der Waals surface area contributed by atoms with Crippen LogP contribution in [0.4, 0.5) is 4.39 Å². The molecule has 0 aliphatic rings. The highest BCUT2D eigenvalue weighted by Gasteiger charge is 2.15. The van der Waals surface area contributed by atoms with E-state index < -0.39 is 6.10 Å². The lowest BCUT2D eigenvalue weighted by atomic mass is 10.0. The van der Waals surface area contributed by atoms with Crippen LogP contribution in [-0.2, 0) is 0 Å². The van der Waals surface area contributed by atoms with Crippen molar-refractivity contribution in [1.82, 2.24) is 5.32 Å². The Labute approximate surface area is 109 Å². The van der Waals surface area contributed by atoms with Crippen molar-refractivity contribution < 1.29 is 9.50 Å². The molecule has 1 aromatic carbocycles. The highest BCUT2D eigenvalue weighted by Crippen LogP contribution is 2.19. The maximum atomic E-state index is 12.8. The van der Waals surface area contributed by atoms with Gasteiger partial charge in [-0.1, -0.05) is 26.0 Å². The summed E-state index contributed by atoms with van der Waals surface area (Å²) in [7, 11) is 0. The highest BCUT2D eigenvalue weighted by atomic mass is 19.1. The van der Waals surface area contributed by atoms with E-state index in [0.29, 0.717) is 18.4 Å². The molecule has 18 heavy (non-hydrogen) atoms. The minimum atomic E-state index is -0.549. The van der Waals surface area contributed by atoms with Gasteiger partial charge in [0.2, 0.25) is 0 Å². The molecule has 1 rings (SSSR count). The second-order valence-electron chi connectivity index (χ2n) is 5.40. The number of benzene rings is 1. The molecule has 0 amide bonds. The van der Waals surface area contributed by atoms with Crippen molar-refractivity contribution in [3.05, 3.63) is 35.6 Å². The third-order valence-electron chi connectivity index (χ3n) is 3.38. The predicted octanol–water partition coefficient (Wildman–Crippen LogP) is 3.27. The second-order valence-corrected chi connectivity index (χ2v) is 5.40. The van der Waals surface area contributed by atoms with Crippen molar-refractivity contribution in [1.29, 1.82) is 0 Å². The zero-order valence-electron chi connectivity index (χ0n) is 11.7. The summed E-state index contributed by atoms with van der Waals surface area (Å²) in [6.45, 7) is 8.54. The van der Waals surface area contributed by atoms with E-state index >= 15 is 0 Å². The molecule has 0 spiro atoms. The smallest absolute Gasteiger partial charge is 0.123 e. The van der Waals surface area contributed by atoms with E-state index in [0.717, 1.165) is 5.56 Å². The van der Waals surface area contributed by atoms with E-state index in [1.165, 1.54) is 12.1 Å². The van der Waals surface area contributed by atoms with Crippen LogP contribution in [0.15, 0.2) is 24.3 Å². The first-order valence-electron chi connectivity index (χ1n) is 6.59. The summed E-state index contributed by atoms with van der Waals surface area (Å²) in [6, 6.07) is 6.68. The van der Waals surface area contributed by atoms with Crippen LogP contribution in [-0.4, -0.2) is 17.2 Å². The zero-order valence-corrected chi connectivity index (χ0v) is 11.7. The van der Waals surface area contributed by atoms with E-state index in [-0.39, 0.29) is 11.9 Å². The number of hydrogen-bond donors (Lipinski definition) is 2. The van der Waals surface area contributed by atoms with E-state index in [1.54, 1.807) is 12.1 Å². The zero-order chi connectivity index (χ0) is 13.7. The van der Waals surface area contributed by atoms with Crippen LogP contribution in [0.25, 0.3) is 0 Å². The van der Waals surface area contributed by atoms with Crippen LogP contribution >= 0.6 is 0 Å². The molecule has 0 aliphatic heterocycles. The van der Waals surface area contributed by atoms with Gasteiger partial charge in [0, 0.05) is 12.1 Å². The largest absolute Gasteiger partial charge is 0.388 e. The molecule has 3 unspecified atom stereocenters. The number of rotatable bonds is 6. The van der Waals surface area contributed by atoms with Gasteiger partial charge in [-0.15, -0.1) is 0 Å². The molecule has 0 radical (unpaired) electrons. The first-order valence-corrected chi connectivity index (χ1v) is 6.59. The molecular formula is C15H24FNO. The molecule has 3 atom stereocenters. The fraction of sp³-hybridized carbons (Fsp3) is 0.600. The molecule has 0 aliphatic carbocycles. The van der Waals surface area contributed by atoms with Crippen molar-refractivity contribution in [3.8, 4) is 0 Å². The molecule has 0 bridgehead atoms. The molecule has 2 nitrogen and oxygen atoms in total. The maximum Gasteiger partial charge on any atom is 0.123 e. The average Bonchev–Trinajstić information content (AvgIpc) is 2.29. The third kappa shape index (κ3) is 4.75. The maximum absolute atomic E-state index is 12.8. The summed E-state index contributed by atoms with van der Waals surface area (Å²) in [5.74, 6) is 0.293. The van der Waals surface area contributed by atoms with Crippen LogP contribution in [0, 0.1) is 11.7 Å². The predicted molar refractivity (Wildman–Crippen MR) is 72.9 cm³/mol. The molecule has 102 valence electrons. The Kier molecular flexibility index (Phi) is 5.76. The van der Waals surface area contributed by atoms with E-state index in [4.69, 9.17) is 0 Å². The lowest BCUT2D eigenvalue weighted by Crippen LogP contribution is -2.38. The van der Waals surface area contributed by atoms with E-state index in [1.807, 2.05) is 0 Å². The van der Waals surface area contributed by atoms with Crippen LogP contribution in [0.1, 0.15) is 45.8 Å². The summed E-state index contributed by atoms with van der Waals surface area (Å²) in [5.41, 5.74) is 0.766. The van der Waals surface area contributed by atoms with Crippen LogP contribution in [0.3, 0.4) is 0 Å². The SMILES string of the molecule is CC(CC(O)c1ccc(F)cc1)NC(C)C(C)C. The Morgan fingerprint density at radius 3 is 2.17 bits per heavy atom. The number of aliphatic hydroxyl groups excluding tert-OH is 1. The number of aliphatic hydroxyl groups is 1. The first-order chi connectivity index (χ1) is 8.40. The quantitative estimate of drug-likeness (QED) is 0.815. The van der Waals surface area contributed by atoms with Crippen molar-refractivity contribution in [3.63, 3.8) is 0 Å². The van der Waals surface area contributed by atoms with Gasteiger partial charge in [0.1, 0.15) is 5.82 Å². The van der Waals surface area contributed by atoms with Crippen LogP contribution < -0.4 is 5.32 Å². The molecule has 1 aromatic rings. The number of hydrogen-bond acceptors (Lipinski definition) is 2. The summed E-state index contributed by atoms with van der Waals surface area (Å²) in [6.07, 6.45) is 0.0790. The summed E-state index contributed by atoms with van der Waals surface area (Å²) >= 11 is 0. The molecule has 0 fully saturated rings. The summed E-state index contributed by atoms with van der Waals surface area (Å²) in [5, 5.41) is 13.5. The topological polar surface area (TPSA) is 32.3 Å². The number of halogens is 1. The van der Waals surface area contributed by atoms with E-state index in [9.17, 15) is 9.50 Å². The van der Waals surface area contributed by atoms with Gasteiger partial charge in [-0.25, -0.2) is 4.39 Å². The molecule has 0 saturated heterocycles. The fourth-order valence-electron chi connectivity index (χ4n) is 1.87. The van der Waals surface area contributed by atoms with Crippen LogP contribution in [0.2, 0.25) is 0 Å². The Morgan fingerprint density at radius 2 is 1.67 bits per heavy atom. The van der Waals surface area contributed by atoms with Crippen molar-refractivity contribution in [2.75, 3.05) is 0 Å². The first kappa shape index (κ1) is 15.1. The van der Waals surface area contributed by atoms with Crippen molar-refractivity contribution >= 4 is 0 Å². The second kappa shape index (κ2) is 6.86. The average molecular weight is 253 g/mol. The molecular weight excluding hydrogens is 229 g/mol. The fourth-order valence-corrected chi connectivity index (χ4v) is 1.87. The van der Waals surface area contributed by atoms with Gasteiger partial charge in [-0.05, 0) is 43.9 Å². The van der Waals surface area contributed by atoms with E-state index in [2.05, 4.69) is 33.0 Å². The highest BCUT2D eigenvalue weighted by molar-refractivity contribution is 5.18. The molecule has 0 aromatic heterocycles. The Balaban J connectivity index is 2.49. The number of nitrogens with one attached hydrogen (secondary N) is 1. The normalized spacial score (nSPS) is 16.6.